The first-order valence-corrected chi connectivity index (χ1v) is 13.2. The van der Waals surface area contributed by atoms with Gasteiger partial charge in [-0.3, -0.25) is 14.8 Å². The molecule has 0 radical (unpaired) electrons. The van der Waals surface area contributed by atoms with Crippen LogP contribution >= 0.6 is 0 Å². The standard InChI is InChI=1S/C29H31N7O2/c37-28(22-4-5-22)32-23-8-6-21(7-9-23)27-25(19-31-35-27)26-10-12-30-29(34-26)33-24-3-1-2-20(18-24)11-13-36-14-16-38-17-15-36/h1-3,6-10,12,18-19,22H,4-5,11,13-17H2,(H,31,35)(H,32,37)(H,30,33,34). The number of nitrogens with zero attached hydrogens (tertiary/aromatic N) is 4. The first kappa shape index (κ1) is 24.3. The summed E-state index contributed by atoms with van der Waals surface area (Å²) in [5.41, 5.74) is 6.49. The molecule has 1 amide bonds. The van der Waals surface area contributed by atoms with Gasteiger partial charge >= 0.3 is 0 Å². The lowest BCUT2D eigenvalue weighted by Crippen LogP contribution is -2.37. The molecule has 0 spiro atoms. The molecule has 1 saturated carbocycles. The van der Waals surface area contributed by atoms with Gasteiger partial charge in [0.2, 0.25) is 11.9 Å². The molecule has 3 N–H and O–H groups in total. The Balaban J connectivity index is 1.14. The average Bonchev–Trinajstić information content (AvgIpc) is 3.70. The molecule has 0 atom stereocenters. The zero-order chi connectivity index (χ0) is 25.7. The molecule has 0 unspecified atom stereocenters. The molecule has 2 aromatic carbocycles. The van der Waals surface area contributed by atoms with E-state index < -0.39 is 0 Å². The number of hydrogen-bond donors (Lipinski definition) is 3. The first-order valence-electron chi connectivity index (χ1n) is 13.2. The van der Waals surface area contributed by atoms with E-state index in [9.17, 15) is 4.79 Å². The zero-order valence-corrected chi connectivity index (χ0v) is 21.2. The first-order chi connectivity index (χ1) is 18.7. The van der Waals surface area contributed by atoms with Gasteiger partial charge in [0.25, 0.3) is 0 Å². The monoisotopic (exact) mass is 509 g/mol. The molecule has 2 aliphatic rings. The van der Waals surface area contributed by atoms with Crippen LogP contribution < -0.4 is 10.6 Å². The number of morpholine rings is 1. The highest BCUT2D eigenvalue weighted by atomic mass is 16.5. The summed E-state index contributed by atoms with van der Waals surface area (Å²) in [6, 6.07) is 18.1. The SMILES string of the molecule is O=C(Nc1ccc(-c2[nH]ncc2-c2ccnc(Nc3cccc(CCN4CCOCC4)c3)n2)cc1)C1CC1. The van der Waals surface area contributed by atoms with Crippen molar-refractivity contribution in [1.82, 2.24) is 25.1 Å². The van der Waals surface area contributed by atoms with Crippen LogP contribution in [0, 0.1) is 5.92 Å². The van der Waals surface area contributed by atoms with Crippen molar-refractivity contribution in [3.63, 3.8) is 0 Å². The molecule has 1 saturated heterocycles. The van der Waals surface area contributed by atoms with Crippen molar-refractivity contribution in [2.75, 3.05) is 43.5 Å². The van der Waals surface area contributed by atoms with Gasteiger partial charge in [0.1, 0.15) is 0 Å². The summed E-state index contributed by atoms with van der Waals surface area (Å²) in [5.74, 6) is 0.800. The Morgan fingerprint density at radius 1 is 1.05 bits per heavy atom. The van der Waals surface area contributed by atoms with E-state index in [2.05, 4.69) is 48.9 Å². The molecule has 2 aromatic heterocycles. The van der Waals surface area contributed by atoms with Crippen molar-refractivity contribution in [1.29, 1.82) is 0 Å². The summed E-state index contributed by atoms with van der Waals surface area (Å²) in [6.45, 7) is 4.65. The number of carbonyl (C=O) groups is 1. The van der Waals surface area contributed by atoms with Crippen molar-refractivity contribution in [2.45, 2.75) is 19.3 Å². The molecule has 194 valence electrons. The maximum absolute atomic E-state index is 12.1. The summed E-state index contributed by atoms with van der Waals surface area (Å²) >= 11 is 0. The van der Waals surface area contributed by atoms with Crippen LogP contribution in [0.2, 0.25) is 0 Å². The van der Waals surface area contributed by atoms with Gasteiger partial charge < -0.3 is 15.4 Å². The molecule has 1 aliphatic heterocycles. The van der Waals surface area contributed by atoms with Crippen molar-refractivity contribution in [3.8, 4) is 22.5 Å². The predicted octanol–water partition coefficient (Wildman–Crippen LogP) is 4.50. The van der Waals surface area contributed by atoms with Crippen LogP contribution in [0.3, 0.4) is 0 Å². The van der Waals surface area contributed by atoms with E-state index in [1.165, 1.54) is 5.56 Å². The Labute approximate surface area is 221 Å². The summed E-state index contributed by atoms with van der Waals surface area (Å²) in [5, 5.41) is 13.7. The quantitative estimate of drug-likeness (QED) is 0.305. The van der Waals surface area contributed by atoms with E-state index in [0.717, 1.165) is 86.0 Å². The normalized spacial score (nSPS) is 15.8. The second-order valence-electron chi connectivity index (χ2n) is 9.79. The Morgan fingerprint density at radius 2 is 1.89 bits per heavy atom. The van der Waals surface area contributed by atoms with Crippen LogP contribution in [0.5, 0.6) is 0 Å². The number of carbonyl (C=O) groups excluding carboxylic acids is 1. The second kappa shape index (κ2) is 11.1. The van der Waals surface area contributed by atoms with E-state index in [4.69, 9.17) is 9.72 Å². The zero-order valence-electron chi connectivity index (χ0n) is 21.2. The fourth-order valence-electron chi connectivity index (χ4n) is 4.63. The van der Waals surface area contributed by atoms with Gasteiger partial charge in [0.15, 0.2) is 0 Å². The third-order valence-electron chi connectivity index (χ3n) is 6.96. The van der Waals surface area contributed by atoms with E-state index in [1.807, 2.05) is 36.4 Å². The fraction of sp³-hybridized carbons (Fsp3) is 0.310. The third-order valence-corrected chi connectivity index (χ3v) is 6.96. The minimum absolute atomic E-state index is 0.101. The lowest BCUT2D eigenvalue weighted by atomic mass is 10.1. The van der Waals surface area contributed by atoms with E-state index in [-0.39, 0.29) is 11.8 Å². The number of anilines is 3. The number of amides is 1. The summed E-state index contributed by atoms with van der Waals surface area (Å²) in [6.07, 6.45) is 6.48. The average molecular weight is 510 g/mol. The third kappa shape index (κ3) is 5.90. The highest BCUT2D eigenvalue weighted by Gasteiger charge is 2.29. The minimum Gasteiger partial charge on any atom is -0.379 e. The van der Waals surface area contributed by atoms with Gasteiger partial charge in [0, 0.05) is 54.3 Å². The number of rotatable bonds is 9. The van der Waals surface area contributed by atoms with Crippen molar-refractivity contribution < 1.29 is 9.53 Å². The molecular formula is C29H31N7O2. The summed E-state index contributed by atoms with van der Waals surface area (Å²) in [4.78, 5) is 23.7. The topological polar surface area (TPSA) is 108 Å². The molecule has 6 rings (SSSR count). The number of nitrogens with one attached hydrogen (secondary N) is 3. The number of H-pyrrole nitrogens is 1. The van der Waals surface area contributed by atoms with Crippen LogP contribution in [0.15, 0.2) is 67.0 Å². The van der Waals surface area contributed by atoms with E-state index in [1.54, 1.807) is 12.4 Å². The maximum atomic E-state index is 12.1. The molecule has 2 fully saturated rings. The molecule has 1 aliphatic carbocycles. The van der Waals surface area contributed by atoms with Crippen LogP contribution in [0.1, 0.15) is 18.4 Å². The Morgan fingerprint density at radius 3 is 2.71 bits per heavy atom. The molecule has 4 aromatic rings. The number of aromatic nitrogens is 4. The van der Waals surface area contributed by atoms with Crippen LogP contribution in [0.25, 0.3) is 22.5 Å². The van der Waals surface area contributed by atoms with Gasteiger partial charge in [0.05, 0.1) is 30.8 Å². The van der Waals surface area contributed by atoms with Gasteiger partial charge in [-0.15, -0.1) is 0 Å². The Bertz CT molecular complexity index is 1390. The molecular weight excluding hydrogens is 478 g/mol. The molecule has 9 nitrogen and oxygen atoms in total. The smallest absolute Gasteiger partial charge is 0.227 e. The van der Waals surface area contributed by atoms with E-state index >= 15 is 0 Å². The highest BCUT2D eigenvalue weighted by Crippen LogP contribution is 2.32. The van der Waals surface area contributed by atoms with Crippen LogP contribution in [-0.2, 0) is 16.0 Å². The van der Waals surface area contributed by atoms with Gasteiger partial charge in [-0.25, -0.2) is 9.97 Å². The minimum atomic E-state index is 0.101. The largest absolute Gasteiger partial charge is 0.379 e. The van der Waals surface area contributed by atoms with Gasteiger partial charge in [-0.1, -0.05) is 24.3 Å². The highest BCUT2D eigenvalue weighted by molar-refractivity contribution is 5.94. The van der Waals surface area contributed by atoms with E-state index in [0.29, 0.717) is 5.95 Å². The second-order valence-corrected chi connectivity index (χ2v) is 9.79. The lowest BCUT2D eigenvalue weighted by Gasteiger charge is -2.26. The maximum Gasteiger partial charge on any atom is 0.227 e. The van der Waals surface area contributed by atoms with Crippen molar-refractivity contribution in [2.24, 2.45) is 5.92 Å². The van der Waals surface area contributed by atoms with Crippen LogP contribution in [0.4, 0.5) is 17.3 Å². The number of aromatic amines is 1. The molecule has 3 heterocycles. The van der Waals surface area contributed by atoms with Gasteiger partial charge in [-0.2, -0.15) is 5.10 Å². The number of hydrogen-bond acceptors (Lipinski definition) is 7. The predicted molar refractivity (Wildman–Crippen MR) is 147 cm³/mol. The lowest BCUT2D eigenvalue weighted by molar-refractivity contribution is -0.117. The summed E-state index contributed by atoms with van der Waals surface area (Å²) in [7, 11) is 0. The van der Waals surface area contributed by atoms with Crippen molar-refractivity contribution in [3.05, 3.63) is 72.6 Å². The van der Waals surface area contributed by atoms with Crippen LogP contribution in [-0.4, -0.2) is 63.8 Å². The fourth-order valence-corrected chi connectivity index (χ4v) is 4.63. The molecule has 0 bridgehead atoms. The Hall–Kier alpha value is -4.08. The number of benzene rings is 2. The molecule has 9 heteroatoms. The Kier molecular flexibility index (Phi) is 7.10. The number of ether oxygens (including phenoxy) is 1. The molecule has 38 heavy (non-hydrogen) atoms. The van der Waals surface area contributed by atoms with Crippen molar-refractivity contribution >= 4 is 23.2 Å². The summed E-state index contributed by atoms with van der Waals surface area (Å²) < 4.78 is 5.45. The van der Waals surface area contributed by atoms with Gasteiger partial charge in [-0.05, 0) is 55.2 Å².